The van der Waals surface area contributed by atoms with Crippen LogP contribution in [0.15, 0.2) is 65.6 Å². The van der Waals surface area contributed by atoms with Crippen LogP contribution in [0.1, 0.15) is 31.7 Å². The second-order valence-electron chi connectivity index (χ2n) is 6.92. The smallest absolute Gasteiger partial charge is 0.294 e. The highest BCUT2D eigenvalue weighted by Gasteiger charge is 2.11. The molecule has 6 nitrogen and oxygen atoms in total. The molecule has 0 aliphatic rings. The average Bonchev–Trinajstić information content (AvgIpc) is 2.70. The third kappa shape index (κ3) is 5.34. The Morgan fingerprint density at radius 2 is 1.83 bits per heavy atom. The molecule has 0 aliphatic carbocycles. The van der Waals surface area contributed by atoms with Gasteiger partial charge in [0.2, 0.25) is 0 Å². The second-order valence-corrected chi connectivity index (χ2v) is 8.34. The summed E-state index contributed by atoms with van der Waals surface area (Å²) in [5, 5.41) is 4.10. The molecule has 0 saturated heterocycles. The van der Waals surface area contributed by atoms with Crippen LogP contribution >= 0.6 is 0 Å². The van der Waals surface area contributed by atoms with Crippen molar-refractivity contribution in [2.45, 2.75) is 31.1 Å². The third-order valence-corrected chi connectivity index (χ3v) is 5.65. The largest absolute Gasteiger partial charge is 0.484 e. The summed E-state index contributed by atoms with van der Waals surface area (Å²) in [4.78, 5) is 12.1. The van der Waals surface area contributed by atoms with Crippen molar-refractivity contribution in [3.8, 4) is 5.75 Å². The van der Waals surface area contributed by atoms with Gasteiger partial charge < -0.3 is 10.1 Å². The van der Waals surface area contributed by atoms with Crippen LogP contribution in [0.3, 0.4) is 0 Å². The maximum Gasteiger partial charge on any atom is 0.294 e. The number of anilines is 1. The molecule has 0 saturated carbocycles. The molecule has 3 aromatic rings. The van der Waals surface area contributed by atoms with Crippen molar-refractivity contribution < 1.29 is 22.5 Å². The van der Waals surface area contributed by atoms with Crippen LogP contribution in [0.4, 0.5) is 5.69 Å². The van der Waals surface area contributed by atoms with Gasteiger partial charge in [-0.15, -0.1) is 0 Å². The molecule has 0 aliphatic heterocycles. The summed E-state index contributed by atoms with van der Waals surface area (Å²) in [6.07, 6.45) is 1.02. The molecule has 0 bridgehead atoms. The molecular weight excluding hydrogens is 390 g/mol. The molecule has 7 heteroatoms. The number of nitrogens with one attached hydrogen (secondary N) is 1. The topological polar surface area (TPSA) is 92.7 Å². The molecule has 152 valence electrons. The number of carbonyl (C=O) groups excluding carboxylic acids is 1. The van der Waals surface area contributed by atoms with Crippen LogP contribution in [0.25, 0.3) is 10.8 Å². The minimum absolute atomic E-state index is 0.146. The van der Waals surface area contributed by atoms with Gasteiger partial charge in [-0.2, -0.15) is 8.42 Å². The number of hydrogen-bond donors (Lipinski definition) is 2. The van der Waals surface area contributed by atoms with Crippen molar-refractivity contribution >= 4 is 32.5 Å². The van der Waals surface area contributed by atoms with Crippen molar-refractivity contribution in [2.75, 3.05) is 11.9 Å². The number of carbonyl (C=O) groups is 1. The van der Waals surface area contributed by atoms with E-state index in [0.717, 1.165) is 17.4 Å². The van der Waals surface area contributed by atoms with E-state index < -0.39 is 10.1 Å². The van der Waals surface area contributed by atoms with Crippen LogP contribution in [0.2, 0.25) is 0 Å². The normalized spacial score (nSPS) is 12.5. The Balaban J connectivity index is 1.68. The van der Waals surface area contributed by atoms with E-state index in [2.05, 4.69) is 19.2 Å². The highest BCUT2D eigenvalue weighted by molar-refractivity contribution is 7.85. The van der Waals surface area contributed by atoms with Gasteiger partial charge in [0.05, 0.1) is 4.90 Å². The fourth-order valence-electron chi connectivity index (χ4n) is 2.96. The first-order valence-electron chi connectivity index (χ1n) is 9.30. The molecule has 29 heavy (non-hydrogen) atoms. The van der Waals surface area contributed by atoms with Crippen molar-refractivity contribution in [1.29, 1.82) is 0 Å². The first-order chi connectivity index (χ1) is 13.8. The summed E-state index contributed by atoms with van der Waals surface area (Å²) < 4.78 is 37.4. The lowest BCUT2D eigenvalue weighted by molar-refractivity contribution is -0.118. The molecule has 2 N–H and O–H groups in total. The molecule has 0 fully saturated rings. The Kier molecular flexibility index (Phi) is 6.20. The van der Waals surface area contributed by atoms with E-state index in [1.165, 1.54) is 12.1 Å². The van der Waals surface area contributed by atoms with Gasteiger partial charge in [0, 0.05) is 5.69 Å². The van der Waals surface area contributed by atoms with Crippen molar-refractivity contribution in [1.82, 2.24) is 0 Å². The van der Waals surface area contributed by atoms with Gasteiger partial charge in [-0.1, -0.05) is 38.1 Å². The lowest BCUT2D eigenvalue weighted by atomic mass is 9.99. The highest BCUT2D eigenvalue weighted by Crippen LogP contribution is 2.24. The molecule has 1 atom stereocenters. The Morgan fingerprint density at radius 1 is 1.07 bits per heavy atom. The Hall–Kier alpha value is -2.90. The lowest BCUT2D eigenvalue weighted by Gasteiger charge is -2.12. The number of benzene rings is 3. The van der Waals surface area contributed by atoms with Gasteiger partial charge in [-0.3, -0.25) is 9.35 Å². The maximum atomic E-state index is 12.3. The predicted octanol–water partition coefficient (Wildman–Crippen LogP) is 4.62. The van der Waals surface area contributed by atoms with Gasteiger partial charge in [0.25, 0.3) is 16.0 Å². The molecule has 0 radical (unpaired) electrons. The van der Waals surface area contributed by atoms with Gasteiger partial charge >= 0.3 is 0 Å². The monoisotopic (exact) mass is 413 g/mol. The second kappa shape index (κ2) is 8.63. The number of rotatable bonds is 7. The summed E-state index contributed by atoms with van der Waals surface area (Å²) in [5.74, 6) is 0.719. The third-order valence-electron chi connectivity index (χ3n) is 4.80. The summed E-state index contributed by atoms with van der Waals surface area (Å²) in [6, 6.07) is 17.1. The molecule has 0 aromatic heterocycles. The van der Waals surface area contributed by atoms with E-state index >= 15 is 0 Å². The molecule has 1 amide bonds. The lowest BCUT2D eigenvalue weighted by Crippen LogP contribution is -2.20. The Bertz CT molecular complexity index is 1140. The molecule has 0 spiro atoms. The van der Waals surface area contributed by atoms with Crippen LogP contribution in [0, 0.1) is 0 Å². The molecular formula is C22H23NO5S. The fraction of sp³-hybridized carbons (Fsp3) is 0.227. The molecule has 1 unspecified atom stereocenters. The SMILES string of the molecule is CCC(C)c1cccc(OCC(=O)Nc2ccc3ccc(S(=O)(=O)O)cc3c2)c1. The van der Waals surface area contributed by atoms with E-state index in [1.54, 1.807) is 24.3 Å². The van der Waals surface area contributed by atoms with Crippen LogP contribution < -0.4 is 10.1 Å². The minimum atomic E-state index is -4.29. The number of hydrogen-bond acceptors (Lipinski definition) is 4. The summed E-state index contributed by atoms with van der Waals surface area (Å²) in [6.45, 7) is 4.11. The standard InChI is InChI=1S/C22H23NO5S/c1-3-15(2)17-5-4-6-20(12-17)28-14-22(24)23-19-9-7-16-8-10-21(29(25,26)27)13-18(16)11-19/h4-13,15H,3,14H2,1-2H3,(H,23,24)(H,25,26,27). The van der Waals surface area contributed by atoms with E-state index in [0.29, 0.717) is 22.7 Å². The van der Waals surface area contributed by atoms with Gasteiger partial charge in [-0.05, 0) is 65.1 Å². The van der Waals surface area contributed by atoms with Crippen molar-refractivity contribution in [2.24, 2.45) is 0 Å². The summed E-state index contributed by atoms with van der Waals surface area (Å²) >= 11 is 0. The Morgan fingerprint density at radius 3 is 2.55 bits per heavy atom. The average molecular weight is 413 g/mol. The molecule has 3 rings (SSSR count). The quantitative estimate of drug-likeness (QED) is 0.552. The Labute approximate surface area is 170 Å². The molecule has 3 aromatic carbocycles. The van der Waals surface area contributed by atoms with Crippen molar-refractivity contribution in [3.05, 3.63) is 66.2 Å². The van der Waals surface area contributed by atoms with Crippen LogP contribution in [-0.4, -0.2) is 25.5 Å². The van der Waals surface area contributed by atoms with E-state index in [1.807, 2.05) is 24.3 Å². The zero-order valence-corrected chi connectivity index (χ0v) is 17.1. The van der Waals surface area contributed by atoms with Gasteiger partial charge in [-0.25, -0.2) is 0 Å². The van der Waals surface area contributed by atoms with Crippen molar-refractivity contribution in [3.63, 3.8) is 0 Å². The minimum Gasteiger partial charge on any atom is -0.484 e. The van der Waals surface area contributed by atoms with E-state index in [4.69, 9.17) is 4.74 Å². The predicted molar refractivity (Wildman–Crippen MR) is 113 cm³/mol. The van der Waals surface area contributed by atoms with Crippen LogP contribution in [-0.2, 0) is 14.9 Å². The van der Waals surface area contributed by atoms with E-state index in [-0.39, 0.29) is 17.4 Å². The summed E-state index contributed by atoms with van der Waals surface area (Å²) in [7, 11) is -4.29. The molecule has 0 heterocycles. The number of fused-ring (bicyclic) bond motifs is 1. The zero-order valence-electron chi connectivity index (χ0n) is 16.3. The summed E-state index contributed by atoms with van der Waals surface area (Å²) in [5.41, 5.74) is 1.67. The van der Waals surface area contributed by atoms with Crippen LogP contribution in [0.5, 0.6) is 5.75 Å². The van der Waals surface area contributed by atoms with Gasteiger partial charge in [0.1, 0.15) is 5.75 Å². The fourth-order valence-corrected chi connectivity index (χ4v) is 3.47. The highest BCUT2D eigenvalue weighted by atomic mass is 32.2. The number of ether oxygens (including phenoxy) is 1. The number of amides is 1. The maximum absolute atomic E-state index is 12.3. The zero-order chi connectivity index (χ0) is 21.0. The first kappa shape index (κ1) is 20.8. The first-order valence-corrected chi connectivity index (χ1v) is 10.7. The van der Waals surface area contributed by atoms with Gasteiger partial charge in [0.15, 0.2) is 6.61 Å². The van der Waals surface area contributed by atoms with E-state index in [9.17, 15) is 17.8 Å².